The Morgan fingerprint density at radius 1 is 0.486 bits per heavy atom. The Bertz CT molecular complexity index is 1910. The molecular weight excluding hydrogens is 424 g/mol. The van der Waals surface area contributed by atoms with Gasteiger partial charge in [-0.05, 0) is 64.2 Å². The fourth-order valence-electron chi connectivity index (χ4n) is 5.90. The van der Waals surface area contributed by atoms with Gasteiger partial charge < -0.3 is 4.57 Å². The van der Waals surface area contributed by atoms with E-state index < -0.39 is 0 Å². The smallest absolute Gasteiger partial charge is 0.0792 e. The van der Waals surface area contributed by atoms with Gasteiger partial charge >= 0.3 is 0 Å². The van der Waals surface area contributed by atoms with Crippen molar-refractivity contribution in [3.05, 3.63) is 121 Å². The predicted octanol–water partition coefficient (Wildman–Crippen LogP) is 8.65. The van der Waals surface area contributed by atoms with Crippen LogP contribution in [0.4, 0.5) is 0 Å². The quantitative estimate of drug-likeness (QED) is 0.261. The lowest BCUT2D eigenvalue weighted by molar-refractivity contribution is 1.18. The monoisotopic (exact) mass is 444 g/mol. The highest BCUT2D eigenvalue weighted by molar-refractivity contribution is 6.18. The number of pyridine rings is 1. The van der Waals surface area contributed by atoms with Crippen LogP contribution in [0.1, 0.15) is 0 Å². The van der Waals surface area contributed by atoms with E-state index in [0.29, 0.717) is 0 Å². The van der Waals surface area contributed by atoms with Gasteiger partial charge in [-0.2, -0.15) is 0 Å². The molecule has 0 spiro atoms. The molecule has 162 valence electrons. The van der Waals surface area contributed by atoms with Crippen molar-refractivity contribution >= 4 is 32.7 Å². The molecule has 0 amide bonds. The standard InChI is InChI=1S/C33H20N2/c1-2-8-22(9-3-1)35-30-13-7-6-12-26(30)29-20-21(14-17-31(29)35)23-15-16-27-24-10-4-5-11-25(24)28-18-19-34-33(23)32(27)28/h1-20H. The number of aromatic nitrogens is 2. The third-order valence-electron chi connectivity index (χ3n) is 7.40. The van der Waals surface area contributed by atoms with Crippen LogP contribution >= 0.6 is 0 Å². The first kappa shape index (κ1) is 18.7. The van der Waals surface area contributed by atoms with Gasteiger partial charge in [0.25, 0.3) is 0 Å². The van der Waals surface area contributed by atoms with Gasteiger partial charge in [0.1, 0.15) is 0 Å². The van der Waals surface area contributed by atoms with Crippen LogP contribution in [0.5, 0.6) is 0 Å². The summed E-state index contributed by atoms with van der Waals surface area (Å²) in [6.45, 7) is 0. The first-order chi connectivity index (χ1) is 17.4. The molecular formula is C33H20N2. The van der Waals surface area contributed by atoms with Crippen molar-refractivity contribution in [1.29, 1.82) is 0 Å². The second-order valence-electron chi connectivity index (χ2n) is 9.21. The van der Waals surface area contributed by atoms with Crippen LogP contribution in [-0.4, -0.2) is 9.55 Å². The minimum absolute atomic E-state index is 1.07. The van der Waals surface area contributed by atoms with E-state index in [9.17, 15) is 0 Å². The number of nitrogens with zero attached hydrogens (tertiary/aromatic N) is 2. The molecule has 0 saturated carbocycles. The molecule has 2 nitrogen and oxygen atoms in total. The molecule has 0 aliphatic heterocycles. The molecule has 0 radical (unpaired) electrons. The molecule has 2 aromatic heterocycles. The third kappa shape index (κ3) is 2.51. The van der Waals surface area contributed by atoms with Gasteiger partial charge in [-0.1, -0.05) is 78.9 Å². The molecule has 2 heteroatoms. The molecule has 0 unspecified atom stereocenters. The van der Waals surface area contributed by atoms with Gasteiger partial charge in [-0.15, -0.1) is 0 Å². The van der Waals surface area contributed by atoms with E-state index in [-0.39, 0.29) is 0 Å². The summed E-state index contributed by atoms with van der Waals surface area (Å²) in [7, 11) is 0. The Labute approximate surface area is 202 Å². The lowest BCUT2D eigenvalue weighted by Crippen LogP contribution is -1.93. The van der Waals surface area contributed by atoms with Crippen molar-refractivity contribution in [2.24, 2.45) is 0 Å². The average molecular weight is 445 g/mol. The molecule has 7 aromatic rings. The Kier molecular flexibility index (Phi) is 3.69. The molecule has 5 aromatic carbocycles. The average Bonchev–Trinajstić information content (AvgIpc) is 3.43. The first-order valence-corrected chi connectivity index (χ1v) is 12.0. The van der Waals surface area contributed by atoms with Crippen LogP contribution in [0, 0.1) is 0 Å². The van der Waals surface area contributed by atoms with E-state index in [1.807, 2.05) is 6.20 Å². The van der Waals surface area contributed by atoms with Crippen LogP contribution in [0.2, 0.25) is 0 Å². The fraction of sp³-hybridized carbons (Fsp3) is 0. The van der Waals surface area contributed by atoms with Gasteiger partial charge in [0.2, 0.25) is 0 Å². The Hall–Kier alpha value is -4.69. The minimum atomic E-state index is 1.07. The van der Waals surface area contributed by atoms with E-state index in [1.54, 1.807) is 0 Å². The number of fused-ring (bicyclic) bond motifs is 6. The molecule has 2 heterocycles. The van der Waals surface area contributed by atoms with Crippen LogP contribution in [0.3, 0.4) is 0 Å². The molecule has 0 bridgehead atoms. The lowest BCUT2D eigenvalue weighted by Gasteiger charge is -2.10. The predicted molar refractivity (Wildman–Crippen MR) is 146 cm³/mol. The second-order valence-corrected chi connectivity index (χ2v) is 9.21. The van der Waals surface area contributed by atoms with Crippen molar-refractivity contribution in [3.8, 4) is 39.1 Å². The number of rotatable bonds is 2. The van der Waals surface area contributed by atoms with E-state index in [2.05, 4.69) is 120 Å². The van der Waals surface area contributed by atoms with Crippen LogP contribution in [0.15, 0.2) is 121 Å². The second kappa shape index (κ2) is 6.91. The van der Waals surface area contributed by atoms with Crippen molar-refractivity contribution in [2.75, 3.05) is 0 Å². The number of para-hydroxylation sites is 2. The number of hydrogen-bond acceptors (Lipinski definition) is 1. The maximum Gasteiger partial charge on any atom is 0.0792 e. The maximum atomic E-state index is 4.89. The summed E-state index contributed by atoms with van der Waals surface area (Å²) in [6, 6.07) is 41.5. The molecule has 0 N–H and O–H groups in total. The van der Waals surface area contributed by atoms with Crippen molar-refractivity contribution in [2.45, 2.75) is 0 Å². The van der Waals surface area contributed by atoms with E-state index in [4.69, 9.17) is 4.98 Å². The maximum absolute atomic E-state index is 4.89. The normalized spacial score (nSPS) is 12.0. The molecule has 0 atom stereocenters. The Balaban J connectivity index is 1.41. The fourth-order valence-corrected chi connectivity index (χ4v) is 5.90. The summed E-state index contributed by atoms with van der Waals surface area (Å²) in [6.07, 6.45) is 1.95. The van der Waals surface area contributed by atoms with E-state index in [0.717, 1.165) is 5.52 Å². The number of benzene rings is 5. The highest BCUT2D eigenvalue weighted by atomic mass is 15.0. The van der Waals surface area contributed by atoms with Crippen LogP contribution < -0.4 is 0 Å². The summed E-state index contributed by atoms with van der Waals surface area (Å²) in [4.78, 5) is 4.89. The minimum Gasteiger partial charge on any atom is -0.309 e. The molecule has 0 fully saturated rings. The van der Waals surface area contributed by atoms with Gasteiger partial charge in [-0.3, -0.25) is 4.98 Å². The van der Waals surface area contributed by atoms with Gasteiger partial charge in [0.15, 0.2) is 0 Å². The summed E-state index contributed by atoms with van der Waals surface area (Å²) in [5.41, 5.74) is 12.2. The summed E-state index contributed by atoms with van der Waals surface area (Å²) >= 11 is 0. The van der Waals surface area contributed by atoms with Gasteiger partial charge in [0.05, 0.1) is 16.6 Å². The molecule has 8 rings (SSSR count). The number of hydrogen-bond donors (Lipinski definition) is 0. The van der Waals surface area contributed by atoms with E-state index >= 15 is 0 Å². The third-order valence-corrected chi connectivity index (χ3v) is 7.40. The SMILES string of the molecule is c1ccc(-n2c3ccccc3c3cc(-c4ccc5c6c(ccnc46)-c4ccccc4-5)ccc32)cc1. The topological polar surface area (TPSA) is 17.8 Å². The van der Waals surface area contributed by atoms with Crippen molar-refractivity contribution in [3.63, 3.8) is 0 Å². The molecule has 1 aliphatic rings. The van der Waals surface area contributed by atoms with Crippen molar-refractivity contribution < 1.29 is 0 Å². The zero-order chi connectivity index (χ0) is 22.9. The van der Waals surface area contributed by atoms with Crippen LogP contribution in [-0.2, 0) is 0 Å². The zero-order valence-electron chi connectivity index (χ0n) is 18.9. The Morgan fingerprint density at radius 2 is 1.17 bits per heavy atom. The first-order valence-electron chi connectivity index (χ1n) is 12.0. The largest absolute Gasteiger partial charge is 0.309 e. The van der Waals surface area contributed by atoms with E-state index in [1.165, 1.54) is 66.3 Å². The summed E-state index contributed by atoms with van der Waals surface area (Å²) in [5, 5.41) is 3.78. The molecule has 1 aliphatic carbocycles. The summed E-state index contributed by atoms with van der Waals surface area (Å²) in [5.74, 6) is 0. The zero-order valence-corrected chi connectivity index (χ0v) is 18.9. The van der Waals surface area contributed by atoms with Crippen LogP contribution in [0.25, 0.3) is 71.8 Å². The molecule has 0 saturated heterocycles. The Morgan fingerprint density at radius 3 is 2.03 bits per heavy atom. The van der Waals surface area contributed by atoms with Gasteiger partial charge in [-0.25, -0.2) is 0 Å². The highest BCUT2D eigenvalue weighted by Crippen LogP contribution is 2.48. The van der Waals surface area contributed by atoms with Gasteiger partial charge in [0, 0.05) is 33.6 Å². The lowest BCUT2D eigenvalue weighted by atomic mass is 9.97. The van der Waals surface area contributed by atoms with Crippen molar-refractivity contribution in [1.82, 2.24) is 9.55 Å². The highest BCUT2D eigenvalue weighted by Gasteiger charge is 2.23. The summed E-state index contributed by atoms with van der Waals surface area (Å²) < 4.78 is 2.36. The molecule has 35 heavy (non-hydrogen) atoms.